The Balaban J connectivity index is 2.11. The molecule has 5 heteroatoms. The molecule has 1 heterocycles. The molecule has 2 rings (SSSR count). The monoisotopic (exact) mass is 256 g/mol. The van der Waals surface area contributed by atoms with Crippen molar-refractivity contribution in [3.63, 3.8) is 0 Å². The van der Waals surface area contributed by atoms with E-state index in [-0.39, 0.29) is 0 Å². The fraction of sp³-hybridized carbons (Fsp3) is 0.556. The Morgan fingerprint density at radius 3 is 2.93 bits per heavy atom. The van der Waals surface area contributed by atoms with Crippen LogP contribution < -0.4 is 11.1 Å². The van der Waals surface area contributed by atoms with Crippen LogP contribution in [0.25, 0.3) is 0 Å². The number of nitrogens with two attached hydrogens (primary N) is 1. The van der Waals surface area contributed by atoms with Crippen LogP contribution in [-0.4, -0.2) is 16.0 Å². The first kappa shape index (κ1) is 9.71. The minimum Gasteiger partial charge on any atom is -0.383 e. The highest BCUT2D eigenvalue weighted by Crippen LogP contribution is 2.35. The number of hydrogen-bond donors (Lipinski definition) is 2. The first-order valence-electron chi connectivity index (χ1n) is 4.71. The van der Waals surface area contributed by atoms with E-state index in [1.165, 1.54) is 19.2 Å². The lowest BCUT2D eigenvalue weighted by Crippen LogP contribution is -2.18. The first-order valence-corrected chi connectivity index (χ1v) is 5.50. The molecule has 0 bridgehead atoms. The quantitative estimate of drug-likeness (QED) is 0.869. The van der Waals surface area contributed by atoms with Crippen LogP contribution in [-0.2, 0) is 0 Å². The Bertz CT molecular complexity index is 338. The number of anilines is 2. The molecule has 1 aliphatic rings. The maximum absolute atomic E-state index is 5.65. The number of rotatable bonds is 3. The van der Waals surface area contributed by atoms with Gasteiger partial charge in [-0.1, -0.05) is 0 Å². The van der Waals surface area contributed by atoms with Gasteiger partial charge in [-0.3, -0.25) is 0 Å². The van der Waals surface area contributed by atoms with E-state index < -0.39 is 0 Å². The Morgan fingerprint density at radius 1 is 1.57 bits per heavy atom. The topological polar surface area (TPSA) is 63.8 Å². The van der Waals surface area contributed by atoms with E-state index in [1.807, 2.05) is 0 Å². The summed E-state index contributed by atoms with van der Waals surface area (Å²) in [5.74, 6) is 2.06. The van der Waals surface area contributed by atoms with E-state index >= 15 is 0 Å². The summed E-state index contributed by atoms with van der Waals surface area (Å²) >= 11 is 3.37. The van der Waals surface area contributed by atoms with Crippen LogP contribution in [0.3, 0.4) is 0 Å². The fourth-order valence-corrected chi connectivity index (χ4v) is 1.73. The molecule has 0 aromatic carbocycles. The van der Waals surface area contributed by atoms with Gasteiger partial charge in [-0.2, -0.15) is 0 Å². The molecule has 1 atom stereocenters. The molecule has 76 valence electrons. The van der Waals surface area contributed by atoms with Crippen molar-refractivity contribution in [2.24, 2.45) is 5.92 Å². The largest absolute Gasteiger partial charge is 0.383 e. The zero-order valence-electron chi connectivity index (χ0n) is 8.00. The highest BCUT2D eigenvalue weighted by Gasteiger charge is 2.28. The van der Waals surface area contributed by atoms with Gasteiger partial charge in [0.1, 0.15) is 22.4 Å². The highest BCUT2D eigenvalue weighted by molar-refractivity contribution is 9.10. The summed E-state index contributed by atoms with van der Waals surface area (Å²) in [6.45, 7) is 2.17. The first-order chi connectivity index (χ1) is 6.68. The summed E-state index contributed by atoms with van der Waals surface area (Å²) in [4.78, 5) is 8.03. The van der Waals surface area contributed by atoms with E-state index in [2.05, 4.69) is 38.1 Å². The molecule has 1 aromatic heterocycles. The third-order valence-corrected chi connectivity index (χ3v) is 3.29. The Hall–Kier alpha value is -0.840. The molecule has 0 aliphatic heterocycles. The molecule has 0 radical (unpaired) electrons. The summed E-state index contributed by atoms with van der Waals surface area (Å²) in [7, 11) is 0. The second-order valence-corrected chi connectivity index (χ2v) is 4.48. The minimum absolute atomic E-state index is 0.459. The van der Waals surface area contributed by atoms with Crippen molar-refractivity contribution in [3.05, 3.63) is 10.8 Å². The van der Waals surface area contributed by atoms with Gasteiger partial charge in [-0.15, -0.1) is 0 Å². The molecule has 1 aromatic rings. The molecule has 0 saturated heterocycles. The lowest BCUT2D eigenvalue weighted by Gasteiger charge is -2.14. The molecule has 14 heavy (non-hydrogen) atoms. The van der Waals surface area contributed by atoms with Gasteiger partial charge in [0.05, 0.1) is 0 Å². The molecule has 1 aliphatic carbocycles. The molecule has 1 saturated carbocycles. The lowest BCUT2D eigenvalue weighted by atomic mass is 10.2. The standard InChI is InChI=1S/C9H13BrN4/c1-5(6-2-3-6)14-9-7(10)8(11)12-4-13-9/h4-6H,2-3H2,1H3,(H3,11,12,13,14). The summed E-state index contributed by atoms with van der Waals surface area (Å²) in [6.07, 6.45) is 4.10. The fourth-order valence-electron chi connectivity index (χ4n) is 1.41. The second-order valence-electron chi connectivity index (χ2n) is 3.69. The number of nitrogen functional groups attached to an aromatic ring is 1. The Labute approximate surface area is 91.4 Å². The van der Waals surface area contributed by atoms with Crippen molar-refractivity contribution >= 4 is 27.6 Å². The number of hydrogen-bond acceptors (Lipinski definition) is 4. The van der Waals surface area contributed by atoms with E-state index in [0.717, 1.165) is 16.2 Å². The average molecular weight is 257 g/mol. The Morgan fingerprint density at radius 2 is 2.29 bits per heavy atom. The summed E-state index contributed by atoms with van der Waals surface area (Å²) in [6, 6.07) is 0.459. The maximum Gasteiger partial charge on any atom is 0.146 e. The smallest absolute Gasteiger partial charge is 0.146 e. The van der Waals surface area contributed by atoms with Crippen LogP contribution in [0.15, 0.2) is 10.8 Å². The maximum atomic E-state index is 5.65. The van der Waals surface area contributed by atoms with E-state index in [9.17, 15) is 0 Å². The molecular formula is C9H13BrN4. The normalized spacial score (nSPS) is 17.9. The van der Waals surface area contributed by atoms with Crippen LogP contribution in [0, 0.1) is 5.92 Å². The van der Waals surface area contributed by atoms with Gasteiger partial charge >= 0.3 is 0 Å². The van der Waals surface area contributed by atoms with Crippen LogP contribution in [0.2, 0.25) is 0 Å². The van der Waals surface area contributed by atoms with Crippen molar-refractivity contribution in [3.8, 4) is 0 Å². The zero-order chi connectivity index (χ0) is 10.1. The predicted molar refractivity (Wildman–Crippen MR) is 60.0 cm³/mol. The third-order valence-electron chi connectivity index (χ3n) is 2.51. The second kappa shape index (κ2) is 3.73. The lowest BCUT2D eigenvalue weighted by molar-refractivity contribution is 0.689. The average Bonchev–Trinajstić information content (AvgIpc) is 2.95. The van der Waals surface area contributed by atoms with E-state index in [0.29, 0.717) is 11.9 Å². The van der Waals surface area contributed by atoms with Gasteiger partial charge in [-0.05, 0) is 41.6 Å². The third kappa shape index (κ3) is 1.97. The zero-order valence-corrected chi connectivity index (χ0v) is 9.58. The van der Waals surface area contributed by atoms with Gasteiger partial charge in [-0.25, -0.2) is 9.97 Å². The molecule has 0 spiro atoms. The predicted octanol–water partition coefficient (Wildman–Crippen LogP) is 2.03. The van der Waals surface area contributed by atoms with Gasteiger partial charge in [0.25, 0.3) is 0 Å². The van der Waals surface area contributed by atoms with Crippen LogP contribution in [0.1, 0.15) is 19.8 Å². The van der Waals surface area contributed by atoms with Crippen molar-refractivity contribution in [2.45, 2.75) is 25.8 Å². The molecule has 0 amide bonds. The van der Waals surface area contributed by atoms with Gasteiger partial charge in [0.2, 0.25) is 0 Å². The summed E-state index contributed by atoms with van der Waals surface area (Å²) in [5, 5.41) is 3.33. The van der Waals surface area contributed by atoms with E-state index in [1.54, 1.807) is 0 Å². The van der Waals surface area contributed by atoms with Crippen LogP contribution in [0.4, 0.5) is 11.6 Å². The number of nitrogens with one attached hydrogen (secondary N) is 1. The summed E-state index contributed by atoms with van der Waals surface area (Å²) < 4.78 is 0.757. The van der Waals surface area contributed by atoms with Crippen LogP contribution >= 0.6 is 15.9 Å². The van der Waals surface area contributed by atoms with Crippen molar-refractivity contribution in [1.29, 1.82) is 0 Å². The minimum atomic E-state index is 0.459. The molecular weight excluding hydrogens is 244 g/mol. The van der Waals surface area contributed by atoms with Crippen molar-refractivity contribution < 1.29 is 0 Å². The van der Waals surface area contributed by atoms with E-state index in [4.69, 9.17) is 5.73 Å². The number of aromatic nitrogens is 2. The van der Waals surface area contributed by atoms with Gasteiger partial charge < -0.3 is 11.1 Å². The van der Waals surface area contributed by atoms with Crippen LogP contribution in [0.5, 0.6) is 0 Å². The number of nitrogens with zero attached hydrogens (tertiary/aromatic N) is 2. The van der Waals surface area contributed by atoms with Crippen molar-refractivity contribution in [2.75, 3.05) is 11.1 Å². The van der Waals surface area contributed by atoms with Crippen molar-refractivity contribution in [1.82, 2.24) is 9.97 Å². The van der Waals surface area contributed by atoms with Gasteiger partial charge in [0, 0.05) is 6.04 Å². The summed E-state index contributed by atoms with van der Waals surface area (Å²) in [5.41, 5.74) is 5.65. The molecule has 3 N–H and O–H groups in total. The number of halogens is 1. The molecule has 1 unspecified atom stereocenters. The highest BCUT2D eigenvalue weighted by atomic mass is 79.9. The van der Waals surface area contributed by atoms with Gasteiger partial charge in [0.15, 0.2) is 0 Å². The molecule has 4 nitrogen and oxygen atoms in total. The SMILES string of the molecule is CC(Nc1ncnc(N)c1Br)C1CC1. The molecule has 1 fully saturated rings. The Kier molecular flexibility index (Phi) is 2.58.